The largest absolute Gasteiger partial charge is 0.493 e. The molecule has 0 radical (unpaired) electrons. The minimum Gasteiger partial charge on any atom is -0.493 e. The fourth-order valence-electron chi connectivity index (χ4n) is 3.71. The van der Waals surface area contributed by atoms with Crippen molar-refractivity contribution in [2.24, 2.45) is 0 Å². The van der Waals surface area contributed by atoms with E-state index in [2.05, 4.69) is 10.3 Å². The van der Waals surface area contributed by atoms with E-state index in [0.717, 1.165) is 11.1 Å². The SMILES string of the molecule is COc1ccnc(C(=O)N[C@@H](C)C(=O)OC2CCc3cc(F)ccc3C2C)c1OC(C)=O. The summed E-state index contributed by atoms with van der Waals surface area (Å²) >= 11 is 0. The van der Waals surface area contributed by atoms with Crippen LogP contribution in [0.5, 0.6) is 11.5 Å². The van der Waals surface area contributed by atoms with Crippen molar-refractivity contribution in [2.45, 2.75) is 51.7 Å². The van der Waals surface area contributed by atoms with E-state index in [4.69, 9.17) is 14.2 Å². The van der Waals surface area contributed by atoms with E-state index < -0.39 is 30.0 Å². The first-order chi connectivity index (χ1) is 15.2. The molecule has 32 heavy (non-hydrogen) atoms. The van der Waals surface area contributed by atoms with Gasteiger partial charge in [0, 0.05) is 25.1 Å². The highest BCUT2D eigenvalue weighted by atomic mass is 19.1. The summed E-state index contributed by atoms with van der Waals surface area (Å²) in [5, 5.41) is 2.52. The molecule has 1 N–H and O–H groups in total. The Balaban J connectivity index is 1.68. The number of ether oxygens (including phenoxy) is 3. The van der Waals surface area contributed by atoms with Crippen LogP contribution >= 0.6 is 0 Å². The second-order valence-corrected chi connectivity index (χ2v) is 7.63. The number of halogens is 1. The molecule has 2 unspecified atom stereocenters. The number of aromatic nitrogens is 1. The number of fused-ring (bicyclic) bond motifs is 1. The van der Waals surface area contributed by atoms with Gasteiger partial charge in [0.25, 0.3) is 5.91 Å². The number of hydrogen-bond donors (Lipinski definition) is 1. The van der Waals surface area contributed by atoms with Crippen molar-refractivity contribution in [3.8, 4) is 11.5 Å². The number of pyridine rings is 1. The van der Waals surface area contributed by atoms with E-state index in [9.17, 15) is 18.8 Å². The highest BCUT2D eigenvalue weighted by Gasteiger charge is 2.31. The lowest BCUT2D eigenvalue weighted by molar-refractivity contribution is -0.152. The number of nitrogens with one attached hydrogen (secondary N) is 1. The molecule has 1 aliphatic carbocycles. The summed E-state index contributed by atoms with van der Waals surface area (Å²) in [6.07, 6.45) is 2.08. The van der Waals surface area contributed by atoms with Crippen LogP contribution in [-0.4, -0.2) is 42.1 Å². The maximum Gasteiger partial charge on any atom is 0.328 e. The maximum absolute atomic E-state index is 13.5. The summed E-state index contributed by atoms with van der Waals surface area (Å²) in [5.74, 6) is -2.36. The summed E-state index contributed by atoms with van der Waals surface area (Å²) in [6.45, 7) is 4.59. The third-order valence-corrected chi connectivity index (χ3v) is 5.37. The van der Waals surface area contributed by atoms with Crippen LogP contribution in [0.2, 0.25) is 0 Å². The van der Waals surface area contributed by atoms with E-state index in [1.54, 1.807) is 6.07 Å². The van der Waals surface area contributed by atoms with Gasteiger partial charge in [-0.25, -0.2) is 14.2 Å². The van der Waals surface area contributed by atoms with Crippen LogP contribution in [0.4, 0.5) is 4.39 Å². The molecule has 0 saturated carbocycles. The van der Waals surface area contributed by atoms with Crippen molar-refractivity contribution in [3.63, 3.8) is 0 Å². The third kappa shape index (κ3) is 5.04. The lowest BCUT2D eigenvalue weighted by atomic mass is 9.82. The minimum atomic E-state index is -0.984. The first-order valence-electron chi connectivity index (χ1n) is 10.2. The smallest absolute Gasteiger partial charge is 0.328 e. The minimum absolute atomic E-state index is 0.109. The van der Waals surface area contributed by atoms with Gasteiger partial charge in [-0.05, 0) is 43.0 Å². The quantitative estimate of drug-likeness (QED) is 0.683. The molecule has 170 valence electrons. The van der Waals surface area contributed by atoms with Gasteiger partial charge in [0.05, 0.1) is 7.11 Å². The second-order valence-electron chi connectivity index (χ2n) is 7.63. The molecular formula is C23H25FN2O6. The Labute approximate surface area is 185 Å². The molecule has 3 rings (SSSR count). The van der Waals surface area contributed by atoms with Crippen molar-refractivity contribution < 1.29 is 33.0 Å². The number of benzene rings is 1. The number of aryl methyl sites for hydroxylation is 1. The van der Waals surface area contributed by atoms with Crippen molar-refractivity contribution in [1.82, 2.24) is 10.3 Å². The topological polar surface area (TPSA) is 104 Å². The Morgan fingerprint density at radius 1 is 1.25 bits per heavy atom. The molecule has 1 aromatic heterocycles. The number of amides is 1. The fourth-order valence-corrected chi connectivity index (χ4v) is 3.71. The molecule has 0 spiro atoms. The molecule has 1 amide bonds. The number of esters is 2. The normalized spacial score (nSPS) is 18.2. The summed E-state index contributed by atoms with van der Waals surface area (Å²) in [6, 6.07) is 5.08. The average molecular weight is 444 g/mol. The third-order valence-electron chi connectivity index (χ3n) is 5.37. The Bertz CT molecular complexity index is 1040. The molecule has 9 heteroatoms. The molecule has 1 heterocycles. The molecule has 8 nitrogen and oxygen atoms in total. The number of hydrogen-bond acceptors (Lipinski definition) is 7. The summed E-state index contributed by atoms with van der Waals surface area (Å²) in [4.78, 5) is 40.7. The zero-order valence-electron chi connectivity index (χ0n) is 18.3. The van der Waals surface area contributed by atoms with Gasteiger partial charge in [-0.2, -0.15) is 0 Å². The Hall–Kier alpha value is -3.49. The van der Waals surface area contributed by atoms with Gasteiger partial charge in [0.1, 0.15) is 18.0 Å². The van der Waals surface area contributed by atoms with Gasteiger partial charge in [-0.1, -0.05) is 13.0 Å². The van der Waals surface area contributed by atoms with Crippen molar-refractivity contribution in [1.29, 1.82) is 0 Å². The maximum atomic E-state index is 13.5. The number of methoxy groups -OCH3 is 1. The van der Waals surface area contributed by atoms with Crippen LogP contribution in [0.1, 0.15) is 54.7 Å². The van der Waals surface area contributed by atoms with Gasteiger partial charge in [-0.3, -0.25) is 9.59 Å². The van der Waals surface area contributed by atoms with Crippen LogP contribution in [0.25, 0.3) is 0 Å². The number of nitrogens with zero attached hydrogens (tertiary/aromatic N) is 1. The molecule has 3 atom stereocenters. The summed E-state index contributed by atoms with van der Waals surface area (Å²) in [5.41, 5.74) is 1.66. The van der Waals surface area contributed by atoms with Crippen LogP contribution in [0.3, 0.4) is 0 Å². The average Bonchev–Trinajstić information content (AvgIpc) is 2.75. The summed E-state index contributed by atoms with van der Waals surface area (Å²) < 4.78 is 29.3. The van der Waals surface area contributed by atoms with Gasteiger partial charge >= 0.3 is 11.9 Å². The van der Waals surface area contributed by atoms with Gasteiger partial charge in [-0.15, -0.1) is 0 Å². The van der Waals surface area contributed by atoms with Crippen LogP contribution < -0.4 is 14.8 Å². The molecule has 0 aliphatic heterocycles. The molecular weight excluding hydrogens is 419 g/mol. The fraction of sp³-hybridized carbons (Fsp3) is 0.391. The zero-order valence-corrected chi connectivity index (χ0v) is 18.3. The van der Waals surface area contributed by atoms with Gasteiger partial charge < -0.3 is 19.5 Å². The van der Waals surface area contributed by atoms with E-state index >= 15 is 0 Å². The predicted molar refractivity (Wildman–Crippen MR) is 112 cm³/mol. The van der Waals surface area contributed by atoms with E-state index in [1.807, 2.05) is 6.92 Å². The van der Waals surface area contributed by atoms with Crippen molar-refractivity contribution >= 4 is 17.8 Å². The highest BCUT2D eigenvalue weighted by molar-refractivity contribution is 5.98. The monoisotopic (exact) mass is 444 g/mol. The van der Waals surface area contributed by atoms with Crippen molar-refractivity contribution in [3.05, 3.63) is 53.1 Å². The highest BCUT2D eigenvalue weighted by Crippen LogP contribution is 2.34. The van der Waals surface area contributed by atoms with E-state index in [-0.39, 0.29) is 28.9 Å². The molecule has 2 aromatic rings. The molecule has 0 saturated heterocycles. The van der Waals surface area contributed by atoms with Gasteiger partial charge in [0.15, 0.2) is 11.4 Å². The molecule has 1 aliphatic rings. The Morgan fingerprint density at radius 3 is 2.69 bits per heavy atom. The summed E-state index contributed by atoms with van der Waals surface area (Å²) in [7, 11) is 1.36. The number of carbonyl (C=O) groups is 3. The first kappa shape index (κ1) is 23.2. The standard InChI is InChI=1S/C23H25FN2O6/c1-12-17-7-6-16(24)11-15(17)5-8-18(12)32-23(29)13(2)26-22(28)20-21(31-14(3)27)19(30-4)9-10-25-20/h6-7,9-13,18H,5,8H2,1-4H3,(H,26,28)/t12?,13-,18?/m0/s1. The van der Waals surface area contributed by atoms with Crippen molar-refractivity contribution in [2.75, 3.05) is 7.11 Å². The molecule has 0 bridgehead atoms. The lowest BCUT2D eigenvalue weighted by Gasteiger charge is -2.31. The Morgan fingerprint density at radius 2 is 2.00 bits per heavy atom. The number of rotatable bonds is 6. The van der Waals surface area contributed by atoms with Crippen LogP contribution in [0.15, 0.2) is 30.5 Å². The first-order valence-corrected chi connectivity index (χ1v) is 10.2. The van der Waals surface area contributed by atoms with E-state index in [0.29, 0.717) is 12.8 Å². The Kier molecular flexibility index (Phi) is 7.07. The second kappa shape index (κ2) is 9.76. The molecule has 0 fully saturated rings. The van der Waals surface area contributed by atoms with Crippen LogP contribution in [0, 0.1) is 5.82 Å². The lowest BCUT2D eigenvalue weighted by Crippen LogP contribution is -2.42. The molecule has 1 aromatic carbocycles. The number of carbonyl (C=O) groups excluding carboxylic acids is 3. The van der Waals surface area contributed by atoms with Crippen LogP contribution in [-0.2, 0) is 20.7 Å². The predicted octanol–water partition coefficient (Wildman–Crippen LogP) is 2.93. The zero-order chi connectivity index (χ0) is 23.4. The van der Waals surface area contributed by atoms with E-state index in [1.165, 1.54) is 45.4 Å². The van der Waals surface area contributed by atoms with Gasteiger partial charge in [0.2, 0.25) is 5.75 Å².